The van der Waals surface area contributed by atoms with Crippen molar-refractivity contribution in [3.63, 3.8) is 0 Å². The smallest absolute Gasteiger partial charge is 0.274 e. The lowest BCUT2D eigenvalue weighted by Gasteiger charge is -2.30. The Hall–Kier alpha value is -3.30. The number of non-ortho nitro benzene ring substituents is 1. The molecule has 0 spiro atoms. The molecule has 0 saturated carbocycles. The fraction of sp³-hybridized carbons (Fsp3) is 0.200. The van der Waals surface area contributed by atoms with E-state index in [-0.39, 0.29) is 11.2 Å². The van der Waals surface area contributed by atoms with Crippen molar-refractivity contribution in [3.8, 4) is 0 Å². The maximum atomic E-state index is 13.0. The normalized spacial score (nSPS) is 15.4. The Balaban J connectivity index is 1.71. The molecule has 0 amide bonds. The van der Waals surface area contributed by atoms with Gasteiger partial charge in [0.25, 0.3) is 11.2 Å². The van der Waals surface area contributed by atoms with Gasteiger partial charge in [-0.1, -0.05) is 23.5 Å². The number of aromatic nitrogens is 2. The molecule has 0 bridgehead atoms. The molecule has 1 aliphatic heterocycles. The van der Waals surface area contributed by atoms with Crippen LogP contribution >= 0.6 is 11.3 Å². The van der Waals surface area contributed by atoms with Gasteiger partial charge in [-0.05, 0) is 24.3 Å². The number of hydrogen-bond donors (Lipinski definition) is 0. The number of para-hydroxylation sites is 2. The van der Waals surface area contributed by atoms with Gasteiger partial charge in [-0.25, -0.2) is 9.38 Å². The highest BCUT2D eigenvalue weighted by Crippen LogP contribution is 2.27. The van der Waals surface area contributed by atoms with Gasteiger partial charge in [-0.15, -0.1) is 0 Å². The quantitative estimate of drug-likeness (QED) is 0.381. The Morgan fingerprint density at radius 2 is 1.97 bits per heavy atom. The third-order valence-electron chi connectivity index (χ3n) is 5.01. The minimum absolute atomic E-state index is 0.00695. The zero-order chi connectivity index (χ0) is 20.0. The number of fused-ring (bicyclic) bond motifs is 3. The number of ether oxygens (including phenoxy) is 1. The largest absolute Gasteiger partial charge is 0.378 e. The predicted octanol–water partition coefficient (Wildman–Crippen LogP) is 2.20. The first-order valence-electron chi connectivity index (χ1n) is 9.15. The highest BCUT2D eigenvalue weighted by atomic mass is 32.1. The second-order valence-corrected chi connectivity index (χ2v) is 7.74. The van der Waals surface area contributed by atoms with Gasteiger partial charge in [0.15, 0.2) is 4.96 Å². The van der Waals surface area contributed by atoms with Crippen LogP contribution in [0.4, 0.5) is 11.4 Å². The average Bonchev–Trinajstić information content (AvgIpc) is 3.25. The van der Waals surface area contributed by atoms with Gasteiger partial charge < -0.3 is 9.64 Å². The molecule has 1 saturated heterocycles. The minimum Gasteiger partial charge on any atom is -0.378 e. The molecule has 0 aliphatic carbocycles. The zero-order valence-corrected chi connectivity index (χ0v) is 16.1. The summed E-state index contributed by atoms with van der Waals surface area (Å²) in [6.45, 7) is 2.59. The van der Waals surface area contributed by atoms with Crippen LogP contribution in [0.1, 0.15) is 5.56 Å². The van der Waals surface area contributed by atoms with Gasteiger partial charge in [0.1, 0.15) is 0 Å². The fourth-order valence-corrected chi connectivity index (χ4v) is 4.59. The maximum Gasteiger partial charge on any atom is 0.274 e. The number of nitro groups is 1. The Bertz CT molecular complexity index is 1350. The predicted molar refractivity (Wildman–Crippen MR) is 112 cm³/mol. The molecule has 5 rings (SSSR count). The van der Waals surface area contributed by atoms with E-state index >= 15 is 0 Å². The monoisotopic (exact) mass is 408 g/mol. The van der Waals surface area contributed by atoms with E-state index in [1.54, 1.807) is 16.5 Å². The Labute approximate surface area is 168 Å². The second kappa shape index (κ2) is 6.94. The Morgan fingerprint density at radius 1 is 1.17 bits per heavy atom. The summed E-state index contributed by atoms with van der Waals surface area (Å²) in [7, 11) is 0. The Kier molecular flexibility index (Phi) is 4.26. The van der Waals surface area contributed by atoms with Crippen molar-refractivity contribution in [1.82, 2.24) is 9.38 Å². The summed E-state index contributed by atoms with van der Waals surface area (Å²) >= 11 is 1.28. The van der Waals surface area contributed by atoms with Gasteiger partial charge in [-0.3, -0.25) is 14.9 Å². The number of nitro benzene ring substituents is 1. The van der Waals surface area contributed by atoms with Crippen LogP contribution in [0.25, 0.3) is 22.1 Å². The summed E-state index contributed by atoms with van der Waals surface area (Å²) < 4.78 is 7.50. The van der Waals surface area contributed by atoms with Crippen LogP contribution in [0, 0.1) is 10.1 Å². The standard InChI is InChI=1S/C20H16N4O4S/c25-19-18(29-20-21-15-3-1-2-4-17(15)23(19)20)12-13-11-14(24(26)27)5-6-16(13)22-7-9-28-10-8-22/h1-6,11-12H,7-10H2/b18-12+. The highest BCUT2D eigenvalue weighted by molar-refractivity contribution is 7.15. The lowest BCUT2D eigenvalue weighted by Crippen LogP contribution is -2.36. The molecular weight excluding hydrogens is 392 g/mol. The van der Waals surface area contributed by atoms with Crippen LogP contribution in [0.15, 0.2) is 47.3 Å². The zero-order valence-electron chi connectivity index (χ0n) is 15.3. The van der Waals surface area contributed by atoms with Crippen molar-refractivity contribution in [1.29, 1.82) is 0 Å². The number of anilines is 1. The molecule has 29 heavy (non-hydrogen) atoms. The number of nitrogens with zero attached hydrogens (tertiary/aromatic N) is 4. The molecule has 4 aromatic rings. The van der Waals surface area contributed by atoms with E-state index in [0.717, 1.165) is 16.7 Å². The first-order chi connectivity index (χ1) is 14.1. The van der Waals surface area contributed by atoms with E-state index in [2.05, 4.69) is 9.88 Å². The van der Waals surface area contributed by atoms with Crippen molar-refractivity contribution in [3.05, 3.63) is 73.0 Å². The molecule has 8 nitrogen and oxygen atoms in total. The van der Waals surface area contributed by atoms with E-state index in [9.17, 15) is 14.9 Å². The van der Waals surface area contributed by atoms with Gasteiger partial charge in [0.2, 0.25) is 0 Å². The van der Waals surface area contributed by atoms with Crippen LogP contribution in [-0.2, 0) is 4.74 Å². The number of rotatable bonds is 3. The molecule has 2 aromatic heterocycles. The molecule has 0 unspecified atom stereocenters. The van der Waals surface area contributed by atoms with Crippen LogP contribution in [-0.4, -0.2) is 40.6 Å². The van der Waals surface area contributed by atoms with Crippen molar-refractivity contribution < 1.29 is 9.66 Å². The molecule has 146 valence electrons. The molecule has 0 N–H and O–H groups in total. The summed E-state index contributed by atoms with van der Waals surface area (Å²) in [5.41, 5.74) is 2.86. The molecule has 9 heteroatoms. The summed E-state index contributed by atoms with van der Waals surface area (Å²) in [5.74, 6) is 0. The van der Waals surface area contributed by atoms with Crippen LogP contribution in [0.5, 0.6) is 0 Å². The topological polar surface area (TPSA) is 90.0 Å². The molecule has 1 aliphatic rings. The lowest BCUT2D eigenvalue weighted by molar-refractivity contribution is -0.384. The van der Waals surface area contributed by atoms with E-state index in [4.69, 9.17) is 4.74 Å². The van der Waals surface area contributed by atoms with Crippen molar-refractivity contribution in [2.75, 3.05) is 31.2 Å². The van der Waals surface area contributed by atoms with Crippen molar-refractivity contribution >= 4 is 44.8 Å². The third kappa shape index (κ3) is 3.04. The molecule has 1 fully saturated rings. The minimum atomic E-state index is -0.423. The number of hydrogen-bond acceptors (Lipinski definition) is 7. The number of imidazole rings is 1. The second-order valence-electron chi connectivity index (χ2n) is 6.73. The van der Waals surface area contributed by atoms with Crippen LogP contribution < -0.4 is 15.0 Å². The van der Waals surface area contributed by atoms with Gasteiger partial charge in [0.05, 0.1) is 33.7 Å². The van der Waals surface area contributed by atoms with Crippen molar-refractivity contribution in [2.45, 2.75) is 0 Å². The average molecular weight is 408 g/mol. The van der Waals surface area contributed by atoms with Crippen molar-refractivity contribution in [2.24, 2.45) is 0 Å². The van der Waals surface area contributed by atoms with Gasteiger partial charge >= 0.3 is 0 Å². The summed E-state index contributed by atoms with van der Waals surface area (Å²) in [5, 5.41) is 11.3. The van der Waals surface area contributed by atoms with Gasteiger partial charge in [-0.2, -0.15) is 0 Å². The summed E-state index contributed by atoms with van der Waals surface area (Å²) in [4.78, 5) is 31.2. The van der Waals surface area contributed by atoms with Crippen LogP contribution in [0.2, 0.25) is 0 Å². The van der Waals surface area contributed by atoms with E-state index in [1.165, 1.54) is 23.5 Å². The molecule has 0 atom stereocenters. The first kappa shape index (κ1) is 17.8. The van der Waals surface area contributed by atoms with Gasteiger partial charge in [0, 0.05) is 36.5 Å². The molecule has 2 aromatic carbocycles. The van der Waals surface area contributed by atoms with E-state index in [1.807, 2.05) is 24.3 Å². The first-order valence-corrected chi connectivity index (χ1v) is 9.96. The lowest BCUT2D eigenvalue weighted by atomic mass is 10.1. The molecule has 3 heterocycles. The SMILES string of the molecule is O=c1/c(=C\c2cc([N+](=O)[O-])ccc2N2CCOCC2)sc2nc3ccccc3n12. The Morgan fingerprint density at radius 3 is 2.76 bits per heavy atom. The maximum absolute atomic E-state index is 13.0. The molecular formula is C20H16N4O4S. The fourth-order valence-electron chi connectivity index (χ4n) is 3.62. The number of thiazole rings is 1. The molecule has 0 radical (unpaired) electrons. The van der Waals surface area contributed by atoms with Crippen LogP contribution in [0.3, 0.4) is 0 Å². The number of benzene rings is 2. The van der Waals surface area contributed by atoms with E-state index in [0.29, 0.717) is 41.4 Å². The third-order valence-corrected chi connectivity index (χ3v) is 5.97. The summed E-state index contributed by atoms with van der Waals surface area (Å²) in [6.07, 6.45) is 1.73. The van der Waals surface area contributed by atoms with E-state index < -0.39 is 4.92 Å². The summed E-state index contributed by atoms with van der Waals surface area (Å²) in [6, 6.07) is 12.2. The number of morpholine rings is 1. The highest BCUT2D eigenvalue weighted by Gasteiger charge is 2.18.